The molecule has 0 aromatic heterocycles. The molecule has 0 radical (unpaired) electrons. The zero-order valence-corrected chi connectivity index (χ0v) is 12.6. The van der Waals surface area contributed by atoms with Crippen molar-refractivity contribution in [1.82, 2.24) is 0 Å². The van der Waals surface area contributed by atoms with Gasteiger partial charge in [-0.25, -0.2) is 0 Å². The van der Waals surface area contributed by atoms with Gasteiger partial charge in [0.1, 0.15) is 0 Å². The van der Waals surface area contributed by atoms with E-state index in [0.717, 1.165) is 12.8 Å². The molecule has 0 heterocycles. The van der Waals surface area contributed by atoms with Gasteiger partial charge in [0.15, 0.2) is 0 Å². The van der Waals surface area contributed by atoms with Crippen LogP contribution in [0, 0.1) is 0 Å². The third kappa shape index (κ3) is 6.44. The van der Waals surface area contributed by atoms with E-state index in [4.69, 9.17) is 0 Å². The average molecular weight is 308 g/mol. The van der Waals surface area contributed by atoms with Crippen LogP contribution in [0.5, 0.6) is 0 Å². The van der Waals surface area contributed by atoms with Crippen LogP contribution in [-0.2, 0) is 33.9 Å². The minimum absolute atomic E-state index is 0. The van der Waals surface area contributed by atoms with E-state index in [1.165, 1.54) is 11.1 Å². The van der Waals surface area contributed by atoms with Gasteiger partial charge in [-0.1, -0.05) is 74.5 Å². The average Bonchev–Trinajstić information content (AvgIpc) is 2.41. The summed E-state index contributed by atoms with van der Waals surface area (Å²) in [6, 6.07) is 20.6. The molecule has 0 aliphatic heterocycles. The number of benzene rings is 2. The van der Waals surface area contributed by atoms with E-state index in [-0.39, 0.29) is 21.1 Å². The third-order valence-electron chi connectivity index (χ3n) is 2.55. The zero-order valence-electron chi connectivity index (χ0n) is 10.6. The minimum atomic E-state index is 0. The molecule has 1 heteroatoms. The molecular weight excluding hydrogens is 288 g/mol. The molecule has 90 valence electrons. The second-order valence-corrected chi connectivity index (χ2v) is 3.63. The molecule has 0 N–H and O–H groups in total. The Labute approximate surface area is 119 Å². The predicted octanol–water partition coefficient (Wildman–Crippen LogP) is 4.50. The van der Waals surface area contributed by atoms with Crippen LogP contribution in [0.15, 0.2) is 60.7 Å². The number of hydrogen-bond donors (Lipinski definition) is 0. The largest absolute Gasteiger partial charge is 0.0623 e. The van der Waals surface area contributed by atoms with E-state index in [1.807, 2.05) is 36.4 Å². The van der Waals surface area contributed by atoms with Crippen molar-refractivity contribution in [2.45, 2.75) is 26.7 Å². The second-order valence-electron chi connectivity index (χ2n) is 3.63. The molecule has 0 aliphatic carbocycles. The summed E-state index contributed by atoms with van der Waals surface area (Å²) in [5.41, 5.74) is 2.98. The van der Waals surface area contributed by atoms with Crippen molar-refractivity contribution in [2.24, 2.45) is 0 Å². The van der Waals surface area contributed by atoms with Crippen LogP contribution in [0.1, 0.15) is 25.0 Å². The van der Waals surface area contributed by atoms with E-state index in [0.29, 0.717) is 0 Å². The summed E-state index contributed by atoms with van der Waals surface area (Å²) in [5, 5.41) is 0. The fourth-order valence-corrected chi connectivity index (χ4v) is 1.63. The molecule has 2 aromatic carbocycles. The maximum Gasteiger partial charge on any atom is 0 e. The fraction of sp³-hybridized carbons (Fsp3) is 0.250. The molecule has 17 heavy (non-hydrogen) atoms. The summed E-state index contributed by atoms with van der Waals surface area (Å²) in [5.74, 6) is 0. The Hall–Kier alpha value is -0.872. The van der Waals surface area contributed by atoms with Crippen molar-refractivity contribution >= 4 is 0 Å². The van der Waals surface area contributed by atoms with Crippen molar-refractivity contribution in [2.75, 3.05) is 0 Å². The van der Waals surface area contributed by atoms with Crippen molar-refractivity contribution in [1.29, 1.82) is 0 Å². The molecule has 0 spiro atoms. The molecule has 0 atom stereocenters. The first-order valence-corrected chi connectivity index (χ1v) is 5.95. The standard InChI is InChI=1S/C10H14.C6H6.Mo/c1-3-9-7-5-6-8-10(9)4-2;1-2-4-6-5-3-1;/h5-8H,3-4H2,1-2H3;1-6H;. The van der Waals surface area contributed by atoms with Crippen LogP contribution in [0.4, 0.5) is 0 Å². The number of hydrogen-bond acceptors (Lipinski definition) is 0. The Balaban J connectivity index is 0.000000316. The Morgan fingerprint density at radius 3 is 1.12 bits per heavy atom. The molecule has 0 nitrogen and oxygen atoms in total. The first-order chi connectivity index (χ1) is 7.88. The van der Waals surface area contributed by atoms with Gasteiger partial charge in [-0.15, -0.1) is 0 Å². The van der Waals surface area contributed by atoms with Gasteiger partial charge < -0.3 is 0 Å². The van der Waals surface area contributed by atoms with Crippen LogP contribution >= 0.6 is 0 Å². The summed E-state index contributed by atoms with van der Waals surface area (Å²) in [7, 11) is 0. The molecule has 0 saturated carbocycles. The molecule has 2 rings (SSSR count). The van der Waals surface area contributed by atoms with Crippen molar-refractivity contribution in [3.05, 3.63) is 71.8 Å². The van der Waals surface area contributed by atoms with Crippen LogP contribution in [0.3, 0.4) is 0 Å². The van der Waals surface area contributed by atoms with Crippen molar-refractivity contribution in [3.63, 3.8) is 0 Å². The van der Waals surface area contributed by atoms with Gasteiger partial charge in [0.25, 0.3) is 0 Å². The second kappa shape index (κ2) is 10.3. The summed E-state index contributed by atoms with van der Waals surface area (Å²) in [4.78, 5) is 0. The van der Waals surface area contributed by atoms with E-state index >= 15 is 0 Å². The quantitative estimate of drug-likeness (QED) is 0.717. The van der Waals surface area contributed by atoms with Crippen molar-refractivity contribution < 1.29 is 21.1 Å². The number of rotatable bonds is 2. The van der Waals surface area contributed by atoms with Crippen LogP contribution in [0.2, 0.25) is 0 Å². The van der Waals surface area contributed by atoms with Gasteiger partial charge in [0, 0.05) is 21.1 Å². The minimum Gasteiger partial charge on any atom is -0.0623 e. The summed E-state index contributed by atoms with van der Waals surface area (Å²) in [6.07, 6.45) is 2.31. The van der Waals surface area contributed by atoms with Gasteiger partial charge in [-0.05, 0) is 24.0 Å². The fourth-order valence-electron chi connectivity index (χ4n) is 1.63. The maximum absolute atomic E-state index is 2.21. The molecule has 0 bridgehead atoms. The summed E-state index contributed by atoms with van der Waals surface area (Å²) in [6.45, 7) is 4.41. The molecule has 0 fully saturated rings. The van der Waals surface area contributed by atoms with Gasteiger partial charge in [0.2, 0.25) is 0 Å². The van der Waals surface area contributed by atoms with Gasteiger partial charge in [-0.3, -0.25) is 0 Å². The molecule has 2 aromatic rings. The first kappa shape index (κ1) is 16.1. The van der Waals surface area contributed by atoms with Gasteiger partial charge in [-0.2, -0.15) is 0 Å². The van der Waals surface area contributed by atoms with Gasteiger partial charge >= 0.3 is 0 Å². The maximum atomic E-state index is 2.21. The normalized spacial score (nSPS) is 8.59. The molecular formula is C16H20Mo. The summed E-state index contributed by atoms with van der Waals surface area (Å²) >= 11 is 0. The Morgan fingerprint density at radius 2 is 0.882 bits per heavy atom. The topological polar surface area (TPSA) is 0 Å². The van der Waals surface area contributed by atoms with E-state index in [1.54, 1.807) is 0 Å². The van der Waals surface area contributed by atoms with Crippen molar-refractivity contribution in [3.8, 4) is 0 Å². The Bertz CT molecular complexity index is 332. The molecule has 0 unspecified atom stereocenters. The van der Waals surface area contributed by atoms with Crippen LogP contribution in [-0.4, -0.2) is 0 Å². The Kier molecular flexibility index (Phi) is 9.77. The molecule has 0 amide bonds. The SMILES string of the molecule is CCc1ccccc1CC.[Mo].c1ccccc1. The first-order valence-electron chi connectivity index (χ1n) is 5.95. The number of aryl methyl sites for hydroxylation is 2. The van der Waals surface area contributed by atoms with Gasteiger partial charge in [0.05, 0.1) is 0 Å². The zero-order chi connectivity index (χ0) is 11.6. The van der Waals surface area contributed by atoms with Crippen LogP contribution in [0.25, 0.3) is 0 Å². The predicted molar refractivity (Wildman–Crippen MR) is 71.6 cm³/mol. The monoisotopic (exact) mass is 310 g/mol. The van der Waals surface area contributed by atoms with E-state index in [2.05, 4.69) is 38.1 Å². The van der Waals surface area contributed by atoms with E-state index in [9.17, 15) is 0 Å². The molecule has 0 saturated heterocycles. The molecule has 0 aliphatic rings. The van der Waals surface area contributed by atoms with E-state index < -0.39 is 0 Å². The van der Waals surface area contributed by atoms with Crippen LogP contribution < -0.4 is 0 Å². The smallest absolute Gasteiger partial charge is 0 e. The summed E-state index contributed by atoms with van der Waals surface area (Å²) < 4.78 is 0. The third-order valence-corrected chi connectivity index (χ3v) is 2.55. The Morgan fingerprint density at radius 1 is 0.588 bits per heavy atom.